The summed E-state index contributed by atoms with van der Waals surface area (Å²) in [5.74, 6) is -0.323. The monoisotopic (exact) mass is 446 g/mol. The first kappa shape index (κ1) is 20.8. The van der Waals surface area contributed by atoms with Gasteiger partial charge in [-0.2, -0.15) is 0 Å². The van der Waals surface area contributed by atoms with Crippen molar-refractivity contribution in [1.82, 2.24) is 16.0 Å². The van der Waals surface area contributed by atoms with E-state index in [1.165, 1.54) is 11.3 Å². The van der Waals surface area contributed by atoms with Crippen molar-refractivity contribution < 1.29 is 14.4 Å². The first-order valence-corrected chi connectivity index (χ1v) is 11.2. The Hall–Kier alpha value is -2.42. The molecule has 1 aromatic carbocycles. The fourth-order valence-corrected chi connectivity index (χ4v) is 4.85. The third-order valence-corrected chi connectivity index (χ3v) is 6.71. The van der Waals surface area contributed by atoms with Gasteiger partial charge in [0, 0.05) is 36.4 Å². The lowest BCUT2D eigenvalue weighted by molar-refractivity contribution is -0.118. The third kappa shape index (κ3) is 4.66. The van der Waals surface area contributed by atoms with Gasteiger partial charge in [-0.3, -0.25) is 14.4 Å². The predicted molar refractivity (Wildman–Crippen MR) is 117 cm³/mol. The lowest BCUT2D eigenvalue weighted by Crippen LogP contribution is -2.48. The summed E-state index contributed by atoms with van der Waals surface area (Å²) in [6, 6.07) is 10.2. The van der Waals surface area contributed by atoms with Crippen molar-refractivity contribution in [1.29, 1.82) is 0 Å². The fourth-order valence-electron chi connectivity index (χ4n) is 3.91. The van der Waals surface area contributed by atoms with Gasteiger partial charge in [0.2, 0.25) is 5.91 Å². The summed E-state index contributed by atoms with van der Waals surface area (Å²) in [5, 5.41) is 9.11. The molecule has 2 aromatic rings. The molecule has 2 fully saturated rings. The summed E-state index contributed by atoms with van der Waals surface area (Å²) < 4.78 is 0.572. The second kappa shape index (κ2) is 9.16. The summed E-state index contributed by atoms with van der Waals surface area (Å²) in [5.41, 5.74) is 1.32. The number of nitrogens with one attached hydrogen (secondary N) is 3. The molecule has 2 heterocycles. The van der Waals surface area contributed by atoms with Crippen molar-refractivity contribution in [2.24, 2.45) is 0 Å². The van der Waals surface area contributed by atoms with Crippen molar-refractivity contribution in [2.75, 3.05) is 24.5 Å². The second-order valence-corrected chi connectivity index (χ2v) is 9.18. The number of hydrogen-bond donors (Lipinski definition) is 3. The molecule has 3 amide bonds. The molecular formula is C21H23ClN4O3S. The van der Waals surface area contributed by atoms with Gasteiger partial charge in [-0.1, -0.05) is 11.6 Å². The molecule has 158 valence electrons. The van der Waals surface area contributed by atoms with Crippen LogP contribution in [-0.2, 0) is 4.79 Å². The zero-order chi connectivity index (χ0) is 21.1. The molecule has 2 atom stereocenters. The first-order chi connectivity index (χ1) is 14.5. The van der Waals surface area contributed by atoms with Gasteiger partial charge >= 0.3 is 0 Å². The fraction of sp³-hybridized carbons (Fsp3) is 0.381. The maximum atomic E-state index is 12.7. The zero-order valence-corrected chi connectivity index (χ0v) is 17.9. The quantitative estimate of drug-likeness (QED) is 0.657. The normalized spacial score (nSPS) is 21.5. The molecule has 1 saturated heterocycles. The molecule has 3 N–H and O–H groups in total. The highest BCUT2D eigenvalue weighted by molar-refractivity contribution is 7.18. The smallest absolute Gasteiger partial charge is 0.261 e. The van der Waals surface area contributed by atoms with Gasteiger partial charge in [-0.15, -0.1) is 11.3 Å². The number of nitrogens with zero attached hydrogens (tertiary/aromatic N) is 1. The van der Waals surface area contributed by atoms with Crippen LogP contribution < -0.4 is 20.9 Å². The minimum atomic E-state index is -0.182. The van der Waals surface area contributed by atoms with Crippen LogP contribution in [0.25, 0.3) is 0 Å². The Kier molecular flexibility index (Phi) is 6.36. The van der Waals surface area contributed by atoms with Crippen molar-refractivity contribution in [3.63, 3.8) is 0 Å². The summed E-state index contributed by atoms with van der Waals surface area (Å²) >= 11 is 7.15. The number of hydrogen-bond acceptors (Lipinski definition) is 5. The number of thiophene rings is 1. The van der Waals surface area contributed by atoms with E-state index < -0.39 is 0 Å². The lowest BCUT2D eigenvalue weighted by Gasteiger charge is -2.27. The molecule has 7 nitrogen and oxygen atoms in total. The van der Waals surface area contributed by atoms with Gasteiger partial charge in [-0.05, 0) is 55.7 Å². The van der Waals surface area contributed by atoms with E-state index in [4.69, 9.17) is 11.6 Å². The van der Waals surface area contributed by atoms with Crippen LogP contribution >= 0.6 is 22.9 Å². The van der Waals surface area contributed by atoms with Crippen molar-refractivity contribution >= 4 is 46.3 Å². The number of rotatable bonds is 5. The summed E-state index contributed by atoms with van der Waals surface area (Å²) in [4.78, 5) is 39.4. The van der Waals surface area contributed by atoms with Crippen LogP contribution in [0.5, 0.6) is 0 Å². The zero-order valence-electron chi connectivity index (χ0n) is 16.3. The minimum Gasteiger partial charge on any atom is -0.347 e. The largest absolute Gasteiger partial charge is 0.347 e. The van der Waals surface area contributed by atoms with Crippen LogP contribution in [0.2, 0.25) is 4.34 Å². The lowest BCUT2D eigenvalue weighted by atomic mass is 10.1. The van der Waals surface area contributed by atoms with Crippen molar-refractivity contribution in [2.45, 2.75) is 31.3 Å². The van der Waals surface area contributed by atoms with Crippen LogP contribution in [0.1, 0.15) is 39.3 Å². The molecule has 9 heteroatoms. The van der Waals surface area contributed by atoms with Crippen LogP contribution in [0.3, 0.4) is 0 Å². The average molecular weight is 447 g/mol. The third-order valence-electron chi connectivity index (χ3n) is 5.48. The van der Waals surface area contributed by atoms with Gasteiger partial charge in [-0.25, -0.2) is 0 Å². The Labute approximate surface area is 183 Å². The molecule has 1 saturated carbocycles. The molecule has 1 aliphatic heterocycles. The Bertz CT molecular complexity index is 946. The summed E-state index contributed by atoms with van der Waals surface area (Å²) in [7, 11) is 0. The van der Waals surface area contributed by atoms with E-state index in [2.05, 4.69) is 16.0 Å². The van der Waals surface area contributed by atoms with Crippen LogP contribution in [-0.4, -0.2) is 49.4 Å². The van der Waals surface area contributed by atoms with E-state index in [1.807, 2.05) is 0 Å². The Morgan fingerprint density at radius 1 is 1.03 bits per heavy atom. The summed E-state index contributed by atoms with van der Waals surface area (Å²) in [6.07, 6.45) is 2.57. The number of benzene rings is 1. The maximum absolute atomic E-state index is 12.7. The van der Waals surface area contributed by atoms with Gasteiger partial charge in [0.15, 0.2) is 0 Å². The Morgan fingerprint density at radius 2 is 1.73 bits per heavy atom. The minimum absolute atomic E-state index is 0.0232. The van der Waals surface area contributed by atoms with Crippen molar-refractivity contribution in [3.8, 4) is 0 Å². The molecule has 2 aliphatic rings. The van der Waals surface area contributed by atoms with Gasteiger partial charge < -0.3 is 20.9 Å². The Balaban J connectivity index is 1.36. The Morgan fingerprint density at radius 3 is 2.37 bits per heavy atom. The van der Waals surface area contributed by atoms with Crippen LogP contribution in [0, 0.1) is 0 Å². The van der Waals surface area contributed by atoms with E-state index in [0.29, 0.717) is 27.9 Å². The molecule has 0 spiro atoms. The predicted octanol–water partition coefficient (Wildman–Crippen LogP) is 2.42. The number of carbonyl (C=O) groups excluding carboxylic acids is 3. The molecule has 0 radical (unpaired) electrons. The molecule has 1 aromatic heterocycles. The number of amides is 3. The van der Waals surface area contributed by atoms with E-state index in [9.17, 15) is 14.4 Å². The van der Waals surface area contributed by atoms with Gasteiger partial charge in [0.1, 0.15) is 0 Å². The number of halogens is 1. The standard InChI is InChI=1S/C21H23ClN4O3S/c22-18-9-8-17(30-18)21(29)25-16-3-1-2-15(16)24-20(28)13-4-6-14(7-5-13)26-11-10-23-12-19(26)27/h4-9,15-16,23H,1-3,10-12H2,(H,24,28)(H,25,29)/t15-,16+/m0/s1. The van der Waals surface area contributed by atoms with E-state index in [-0.39, 0.29) is 29.8 Å². The maximum Gasteiger partial charge on any atom is 0.261 e. The van der Waals surface area contributed by atoms with E-state index in [0.717, 1.165) is 31.5 Å². The molecule has 0 unspecified atom stereocenters. The van der Waals surface area contributed by atoms with Crippen LogP contribution in [0.15, 0.2) is 36.4 Å². The second-order valence-electron chi connectivity index (χ2n) is 7.46. The van der Waals surface area contributed by atoms with Gasteiger partial charge in [0.25, 0.3) is 11.8 Å². The molecular weight excluding hydrogens is 424 g/mol. The molecule has 0 bridgehead atoms. The van der Waals surface area contributed by atoms with E-state index >= 15 is 0 Å². The average Bonchev–Trinajstić information content (AvgIpc) is 3.37. The van der Waals surface area contributed by atoms with Crippen molar-refractivity contribution in [3.05, 3.63) is 51.2 Å². The van der Waals surface area contributed by atoms with Crippen LogP contribution in [0.4, 0.5) is 5.69 Å². The highest BCUT2D eigenvalue weighted by Crippen LogP contribution is 2.24. The number of anilines is 1. The summed E-state index contributed by atoms with van der Waals surface area (Å²) in [6.45, 7) is 1.69. The van der Waals surface area contributed by atoms with Gasteiger partial charge in [0.05, 0.1) is 15.8 Å². The SMILES string of the molecule is O=C(N[C@H]1CCC[C@H]1NC(=O)c1ccc(Cl)s1)c1ccc(N2CCNCC2=O)cc1. The number of carbonyl (C=O) groups is 3. The first-order valence-electron chi connectivity index (χ1n) is 9.99. The topological polar surface area (TPSA) is 90.5 Å². The highest BCUT2D eigenvalue weighted by atomic mass is 35.5. The molecule has 4 rings (SSSR count). The molecule has 30 heavy (non-hydrogen) atoms. The highest BCUT2D eigenvalue weighted by Gasteiger charge is 2.30. The van der Waals surface area contributed by atoms with E-state index in [1.54, 1.807) is 41.3 Å². The number of piperazine rings is 1. The molecule has 1 aliphatic carbocycles.